The second-order valence-electron chi connectivity index (χ2n) is 10.4. The topological polar surface area (TPSA) is 86.8 Å². The molecule has 0 aliphatic rings. The number of sulfonamides is 1. The molecule has 0 aliphatic carbocycles. The number of nitrogens with zero attached hydrogens (tertiary/aromatic N) is 2. The Labute approximate surface area is 279 Å². The summed E-state index contributed by atoms with van der Waals surface area (Å²) in [5.41, 5.74) is 1.73. The van der Waals surface area contributed by atoms with E-state index in [1.54, 1.807) is 42.5 Å². The van der Waals surface area contributed by atoms with Gasteiger partial charge in [0.25, 0.3) is 10.0 Å². The molecule has 0 unspecified atom stereocenters. The number of amides is 2. The van der Waals surface area contributed by atoms with Gasteiger partial charge in [0.2, 0.25) is 11.8 Å². The Kier molecular flexibility index (Phi) is 12.3. The maximum absolute atomic E-state index is 14.5. The summed E-state index contributed by atoms with van der Waals surface area (Å²) in [6.45, 7) is 1.88. The summed E-state index contributed by atoms with van der Waals surface area (Å²) >= 11 is 18.6. The Bertz CT molecular complexity index is 1700. The maximum Gasteiger partial charge on any atom is 0.264 e. The van der Waals surface area contributed by atoms with Crippen LogP contribution < -0.4 is 9.62 Å². The molecule has 7 nitrogen and oxygen atoms in total. The molecule has 0 fully saturated rings. The van der Waals surface area contributed by atoms with Crippen LogP contribution in [0.25, 0.3) is 0 Å². The Hall–Kier alpha value is -3.56. The number of anilines is 1. The van der Waals surface area contributed by atoms with E-state index in [0.717, 1.165) is 22.7 Å². The van der Waals surface area contributed by atoms with Crippen LogP contribution in [-0.4, -0.2) is 44.3 Å². The molecule has 4 rings (SSSR count). The molecule has 0 saturated heterocycles. The van der Waals surface area contributed by atoms with Gasteiger partial charge in [-0.2, -0.15) is 0 Å². The lowest BCUT2D eigenvalue weighted by Crippen LogP contribution is -2.53. The van der Waals surface area contributed by atoms with Crippen molar-refractivity contribution < 1.29 is 18.0 Å². The van der Waals surface area contributed by atoms with Crippen LogP contribution in [-0.2, 0) is 32.6 Å². The van der Waals surface area contributed by atoms with Crippen molar-refractivity contribution in [1.82, 2.24) is 10.2 Å². The SMILES string of the molecule is CCCCNC(=O)[C@H](Cc1ccccc1)N(Cc1cccc(Cl)c1)C(=O)CN(c1cccc(Cl)c1)S(=O)(=O)c1ccc(Cl)cc1. The zero-order valence-corrected chi connectivity index (χ0v) is 27.8. The van der Waals surface area contributed by atoms with Gasteiger partial charge >= 0.3 is 0 Å². The number of carbonyl (C=O) groups is 2. The summed E-state index contributed by atoms with van der Waals surface area (Å²) in [7, 11) is -4.27. The smallest absolute Gasteiger partial charge is 0.264 e. The van der Waals surface area contributed by atoms with Gasteiger partial charge < -0.3 is 10.2 Å². The maximum atomic E-state index is 14.5. The zero-order chi connectivity index (χ0) is 32.4. The Balaban J connectivity index is 1.79. The molecule has 0 heterocycles. The minimum Gasteiger partial charge on any atom is -0.354 e. The van der Waals surface area contributed by atoms with Crippen molar-refractivity contribution >= 4 is 62.3 Å². The molecule has 0 aromatic heterocycles. The van der Waals surface area contributed by atoms with Crippen LogP contribution in [0.4, 0.5) is 5.69 Å². The predicted molar refractivity (Wildman–Crippen MR) is 181 cm³/mol. The van der Waals surface area contributed by atoms with Gasteiger partial charge in [0.05, 0.1) is 10.6 Å². The van der Waals surface area contributed by atoms with E-state index in [-0.39, 0.29) is 29.5 Å². The molecule has 0 radical (unpaired) electrons. The highest BCUT2D eigenvalue weighted by atomic mass is 35.5. The lowest BCUT2D eigenvalue weighted by atomic mass is 10.0. The fourth-order valence-corrected chi connectivity index (χ4v) is 6.72. The number of unbranched alkanes of at least 4 members (excludes halogenated alkanes) is 1. The largest absolute Gasteiger partial charge is 0.354 e. The predicted octanol–water partition coefficient (Wildman–Crippen LogP) is 7.40. The summed E-state index contributed by atoms with van der Waals surface area (Å²) in [5.74, 6) is -0.920. The first-order valence-electron chi connectivity index (χ1n) is 14.5. The molecule has 45 heavy (non-hydrogen) atoms. The highest BCUT2D eigenvalue weighted by Gasteiger charge is 2.34. The first-order valence-corrected chi connectivity index (χ1v) is 17.1. The van der Waals surface area contributed by atoms with Gasteiger partial charge in [0, 0.05) is 34.6 Å². The third-order valence-corrected chi connectivity index (χ3v) is 9.63. The van der Waals surface area contributed by atoms with Crippen LogP contribution in [0.2, 0.25) is 15.1 Å². The van der Waals surface area contributed by atoms with Crippen LogP contribution in [0.1, 0.15) is 30.9 Å². The van der Waals surface area contributed by atoms with E-state index in [9.17, 15) is 18.0 Å². The van der Waals surface area contributed by atoms with Crippen LogP contribution in [0, 0.1) is 0 Å². The van der Waals surface area contributed by atoms with Crippen LogP contribution in [0.3, 0.4) is 0 Å². The van der Waals surface area contributed by atoms with E-state index in [4.69, 9.17) is 34.8 Å². The number of hydrogen-bond acceptors (Lipinski definition) is 4. The van der Waals surface area contributed by atoms with Crippen molar-refractivity contribution in [2.75, 3.05) is 17.4 Å². The lowest BCUT2D eigenvalue weighted by molar-refractivity contribution is -0.140. The van der Waals surface area contributed by atoms with Gasteiger partial charge in [-0.05, 0) is 72.1 Å². The van der Waals surface area contributed by atoms with Crippen molar-refractivity contribution in [1.29, 1.82) is 0 Å². The minimum absolute atomic E-state index is 0.0163. The highest BCUT2D eigenvalue weighted by molar-refractivity contribution is 7.92. The second-order valence-corrected chi connectivity index (χ2v) is 13.6. The second kappa shape index (κ2) is 16.1. The van der Waals surface area contributed by atoms with E-state index in [2.05, 4.69) is 5.32 Å². The fraction of sp³-hybridized carbons (Fsp3) is 0.235. The first-order chi connectivity index (χ1) is 21.6. The third-order valence-electron chi connectivity index (χ3n) is 7.12. The van der Waals surface area contributed by atoms with Gasteiger partial charge in [0.15, 0.2) is 0 Å². The molecule has 0 spiro atoms. The molecule has 0 bridgehead atoms. The van der Waals surface area contributed by atoms with Gasteiger partial charge in [0.1, 0.15) is 12.6 Å². The van der Waals surface area contributed by atoms with E-state index >= 15 is 0 Å². The molecule has 1 atom stereocenters. The average molecular weight is 687 g/mol. The zero-order valence-electron chi connectivity index (χ0n) is 24.7. The van der Waals surface area contributed by atoms with Crippen molar-refractivity contribution in [2.24, 2.45) is 0 Å². The minimum atomic E-state index is -4.27. The number of halogens is 3. The van der Waals surface area contributed by atoms with Gasteiger partial charge in [-0.3, -0.25) is 13.9 Å². The average Bonchev–Trinajstić information content (AvgIpc) is 3.02. The standard InChI is InChI=1S/C34H34Cl3N3O4S/c1-2-3-19-38-34(42)32(21-25-9-5-4-6-10-25)39(23-26-11-7-12-28(36)20-26)33(41)24-40(30-14-8-13-29(37)22-30)45(43,44)31-17-15-27(35)16-18-31/h4-18,20,22,32H,2-3,19,21,23-24H2,1H3,(H,38,42)/t32-/m0/s1. The molecule has 0 saturated carbocycles. The highest BCUT2D eigenvalue weighted by Crippen LogP contribution is 2.28. The van der Waals surface area contributed by atoms with E-state index in [1.807, 2.05) is 37.3 Å². The quantitative estimate of drug-likeness (QED) is 0.140. The van der Waals surface area contributed by atoms with Crippen LogP contribution >= 0.6 is 34.8 Å². The van der Waals surface area contributed by atoms with Crippen molar-refractivity contribution in [2.45, 2.75) is 43.7 Å². The van der Waals surface area contributed by atoms with Crippen LogP contribution in [0.5, 0.6) is 0 Å². The summed E-state index contributed by atoms with van der Waals surface area (Å²) < 4.78 is 29.1. The molecule has 11 heteroatoms. The molecular weight excluding hydrogens is 653 g/mol. The molecular formula is C34H34Cl3N3O4S. The molecule has 2 amide bonds. The van der Waals surface area contributed by atoms with E-state index in [1.165, 1.54) is 35.2 Å². The van der Waals surface area contributed by atoms with Gasteiger partial charge in [-0.1, -0.05) is 96.7 Å². The fourth-order valence-electron chi connectivity index (χ4n) is 4.79. The monoisotopic (exact) mass is 685 g/mol. The number of rotatable bonds is 14. The van der Waals surface area contributed by atoms with Crippen molar-refractivity contribution in [3.8, 4) is 0 Å². The summed E-state index contributed by atoms with van der Waals surface area (Å²) in [6.07, 6.45) is 1.87. The van der Waals surface area contributed by atoms with E-state index in [0.29, 0.717) is 27.2 Å². The Morgan fingerprint density at radius 1 is 0.778 bits per heavy atom. The number of hydrogen-bond donors (Lipinski definition) is 1. The normalized spacial score (nSPS) is 11.9. The number of benzene rings is 4. The Morgan fingerprint density at radius 2 is 1.42 bits per heavy atom. The first kappa shape index (κ1) is 34.3. The van der Waals surface area contributed by atoms with Crippen molar-refractivity contribution in [3.63, 3.8) is 0 Å². The van der Waals surface area contributed by atoms with Gasteiger partial charge in [-0.25, -0.2) is 8.42 Å². The summed E-state index contributed by atoms with van der Waals surface area (Å²) in [5, 5.41) is 4.10. The lowest BCUT2D eigenvalue weighted by Gasteiger charge is -2.34. The summed E-state index contributed by atoms with van der Waals surface area (Å²) in [4.78, 5) is 29.6. The molecule has 236 valence electrons. The Morgan fingerprint density at radius 3 is 2.07 bits per heavy atom. The molecule has 4 aromatic rings. The summed E-state index contributed by atoms with van der Waals surface area (Å²) in [6, 6.07) is 27.4. The number of carbonyl (C=O) groups excluding carboxylic acids is 2. The van der Waals surface area contributed by atoms with Crippen LogP contribution in [0.15, 0.2) is 108 Å². The third kappa shape index (κ3) is 9.47. The molecule has 4 aromatic carbocycles. The van der Waals surface area contributed by atoms with Crippen molar-refractivity contribution in [3.05, 3.63) is 129 Å². The van der Waals surface area contributed by atoms with Gasteiger partial charge in [-0.15, -0.1) is 0 Å². The molecule has 0 aliphatic heterocycles. The van der Waals surface area contributed by atoms with E-state index < -0.39 is 28.5 Å². The number of nitrogens with one attached hydrogen (secondary N) is 1. The molecule has 1 N–H and O–H groups in total.